The molecule has 1 fully saturated rings. The molecular weight excluding hydrogens is 394 g/mol. The zero-order valence-electron chi connectivity index (χ0n) is 16.9. The predicted molar refractivity (Wildman–Crippen MR) is 115 cm³/mol. The fraction of sp³-hybridized carbons (Fsp3) is 0.381. The highest BCUT2D eigenvalue weighted by Crippen LogP contribution is 2.35. The van der Waals surface area contributed by atoms with Crippen molar-refractivity contribution in [3.8, 4) is 17.2 Å². The maximum Gasteiger partial charge on any atom is 0.238 e. The van der Waals surface area contributed by atoms with Crippen LogP contribution in [-0.2, 0) is 4.79 Å². The Hall–Kier alpha value is -2.64. The average Bonchev–Trinajstić information content (AvgIpc) is 2.75. The summed E-state index contributed by atoms with van der Waals surface area (Å²) in [6, 6.07) is 11.3. The van der Waals surface area contributed by atoms with Crippen molar-refractivity contribution in [2.75, 3.05) is 64.3 Å². The lowest BCUT2D eigenvalue weighted by Crippen LogP contribution is -2.48. The Bertz CT molecular complexity index is 837. The number of amides is 1. The van der Waals surface area contributed by atoms with Gasteiger partial charge in [-0.25, -0.2) is 0 Å². The number of methoxy groups -OCH3 is 3. The van der Waals surface area contributed by atoms with E-state index in [1.54, 1.807) is 19.2 Å². The van der Waals surface area contributed by atoms with Crippen molar-refractivity contribution in [1.29, 1.82) is 0 Å². The van der Waals surface area contributed by atoms with Crippen LogP contribution in [0.2, 0.25) is 5.02 Å². The molecule has 1 N–H and O–H groups in total. The average molecular weight is 420 g/mol. The summed E-state index contributed by atoms with van der Waals surface area (Å²) in [6.45, 7) is 3.64. The minimum Gasteiger partial charge on any atom is -0.497 e. The number of anilines is 2. The van der Waals surface area contributed by atoms with Gasteiger partial charge in [-0.1, -0.05) is 11.6 Å². The molecule has 0 bridgehead atoms. The van der Waals surface area contributed by atoms with Crippen LogP contribution in [0.3, 0.4) is 0 Å². The Morgan fingerprint density at radius 3 is 2.21 bits per heavy atom. The summed E-state index contributed by atoms with van der Waals surface area (Å²) in [5, 5.41) is 3.32. The summed E-state index contributed by atoms with van der Waals surface area (Å²) in [7, 11) is 4.72. The van der Waals surface area contributed by atoms with E-state index in [-0.39, 0.29) is 5.91 Å². The molecule has 1 saturated heterocycles. The summed E-state index contributed by atoms with van der Waals surface area (Å²) in [6.07, 6.45) is 0. The first kappa shape index (κ1) is 21.1. The van der Waals surface area contributed by atoms with E-state index < -0.39 is 0 Å². The molecule has 2 aromatic carbocycles. The highest BCUT2D eigenvalue weighted by atomic mass is 35.5. The van der Waals surface area contributed by atoms with Crippen molar-refractivity contribution in [3.05, 3.63) is 41.4 Å². The number of carbonyl (C=O) groups excluding carboxylic acids is 1. The quantitative estimate of drug-likeness (QED) is 0.744. The summed E-state index contributed by atoms with van der Waals surface area (Å²) in [5.41, 5.74) is 1.70. The third-order valence-electron chi connectivity index (χ3n) is 4.93. The summed E-state index contributed by atoms with van der Waals surface area (Å²) in [4.78, 5) is 17.0. The second kappa shape index (κ2) is 9.71. The maximum absolute atomic E-state index is 12.5. The third kappa shape index (κ3) is 5.25. The van der Waals surface area contributed by atoms with Crippen molar-refractivity contribution in [1.82, 2.24) is 4.90 Å². The third-order valence-corrected chi connectivity index (χ3v) is 5.22. The van der Waals surface area contributed by atoms with Crippen molar-refractivity contribution in [2.24, 2.45) is 0 Å². The van der Waals surface area contributed by atoms with E-state index in [1.165, 1.54) is 14.2 Å². The normalized spacial score (nSPS) is 14.4. The highest BCUT2D eigenvalue weighted by Gasteiger charge is 2.20. The number of hydrogen-bond acceptors (Lipinski definition) is 6. The predicted octanol–water partition coefficient (Wildman–Crippen LogP) is 3.13. The van der Waals surface area contributed by atoms with Gasteiger partial charge >= 0.3 is 0 Å². The monoisotopic (exact) mass is 419 g/mol. The molecule has 0 saturated carbocycles. The van der Waals surface area contributed by atoms with Crippen LogP contribution < -0.4 is 24.4 Å². The van der Waals surface area contributed by atoms with Gasteiger partial charge < -0.3 is 24.4 Å². The SMILES string of the molecule is COc1ccc(N2CCN(CC(=O)Nc3cc(OC)c(Cl)cc3OC)CC2)cc1. The molecule has 8 heteroatoms. The largest absolute Gasteiger partial charge is 0.497 e. The number of rotatable bonds is 7. The fourth-order valence-electron chi connectivity index (χ4n) is 3.31. The summed E-state index contributed by atoms with van der Waals surface area (Å²) in [5.74, 6) is 1.72. The molecule has 3 rings (SSSR count). The van der Waals surface area contributed by atoms with Crippen LogP contribution in [-0.4, -0.2) is 64.9 Å². The molecule has 156 valence electrons. The molecule has 2 aromatic rings. The molecule has 29 heavy (non-hydrogen) atoms. The van der Waals surface area contributed by atoms with Crippen molar-refractivity contribution in [2.45, 2.75) is 0 Å². The number of hydrogen-bond donors (Lipinski definition) is 1. The number of nitrogens with one attached hydrogen (secondary N) is 1. The van der Waals surface area contributed by atoms with Crippen LogP contribution in [0.5, 0.6) is 17.2 Å². The van der Waals surface area contributed by atoms with Crippen LogP contribution in [0.25, 0.3) is 0 Å². The Morgan fingerprint density at radius 2 is 1.62 bits per heavy atom. The molecule has 1 aliphatic heterocycles. The lowest BCUT2D eigenvalue weighted by atomic mass is 10.2. The van der Waals surface area contributed by atoms with Gasteiger partial charge in [-0.3, -0.25) is 9.69 Å². The highest BCUT2D eigenvalue weighted by molar-refractivity contribution is 6.32. The van der Waals surface area contributed by atoms with E-state index in [1.807, 2.05) is 12.1 Å². The molecule has 0 aliphatic carbocycles. The molecule has 1 amide bonds. The zero-order chi connectivity index (χ0) is 20.8. The molecule has 1 aliphatic rings. The van der Waals surface area contributed by atoms with Crippen molar-refractivity contribution < 1.29 is 19.0 Å². The molecule has 0 aromatic heterocycles. The van der Waals surface area contributed by atoms with Crippen LogP contribution in [0.15, 0.2) is 36.4 Å². The Morgan fingerprint density at radius 1 is 0.966 bits per heavy atom. The number of piperazine rings is 1. The number of nitrogens with zero attached hydrogens (tertiary/aromatic N) is 2. The fourth-order valence-corrected chi connectivity index (χ4v) is 3.54. The molecule has 0 spiro atoms. The van der Waals surface area contributed by atoms with Crippen LogP contribution in [0.4, 0.5) is 11.4 Å². The van der Waals surface area contributed by atoms with Crippen LogP contribution >= 0.6 is 11.6 Å². The van der Waals surface area contributed by atoms with E-state index in [0.717, 1.165) is 37.6 Å². The van der Waals surface area contributed by atoms with Crippen LogP contribution in [0, 0.1) is 0 Å². The van der Waals surface area contributed by atoms with Gasteiger partial charge in [0, 0.05) is 44.0 Å². The lowest BCUT2D eigenvalue weighted by Gasteiger charge is -2.35. The maximum atomic E-state index is 12.5. The summed E-state index contributed by atoms with van der Waals surface area (Å²) < 4.78 is 15.7. The number of ether oxygens (including phenoxy) is 3. The van der Waals surface area contributed by atoms with Gasteiger partial charge in [-0.05, 0) is 24.3 Å². The molecular formula is C21H26ClN3O4. The first-order valence-corrected chi connectivity index (χ1v) is 9.74. The Labute approximate surface area is 176 Å². The van der Waals surface area contributed by atoms with Crippen molar-refractivity contribution >= 4 is 28.9 Å². The minimum atomic E-state index is -0.106. The number of benzene rings is 2. The Kier molecular flexibility index (Phi) is 7.06. The van der Waals surface area contributed by atoms with Crippen molar-refractivity contribution in [3.63, 3.8) is 0 Å². The Balaban J connectivity index is 1.54. The van der Waals surface area contributed by atoms with Crippen LogP contribution in [0.1, 0.15) is 0 Å². The van der Waals surface area contributed by atoms with E-state index in [0.29, 0.717) is 28.8 Å². The van der Waals surface area contributed by atoms with E-state index in [2.05, 4.69) is 27.2 Å². The smallest absolute Gasteiger partial charge is 0.238 e. The molecule has 0 unspecified atom stereocenters. The van der Waals surface area contributed by atoms with E-state index in [9.17, 15) is 4.79 Å². The van der Waals surface area contributed by atoms with Gasteiger partial charge in [0.25, 0.3) is 0 Å². The van der Waals surface area contributed by atoms with Gasteiger partial charge in [-0.2, -0.15) is 0 Å². The molecule has 0 atom stereocenters. The van der Waals surface area contributed by atoms with Gasteiger partial charge in [0.2, 0.25) is 5.91 Å². The molecule has 0 radical (unpaired) electrons. The molecule has 1 heterocycles. The van der Waals surface area contributed by atoms with Gasteiger partial charge in [-0.15, -0.1) is 0 Å². The number of halogens is 1. The topological polar surface area (TPSA) is 63.3 Å². The van der Waals surface area contributed by atoms with Gasteiger partial charge in [0.15, 0.2) is 0 Å². The minimum absolute atomic E-state index is 0.106. The van der Waals surface area contributed by atoms with E-state index >= 15 is 0 Å². The summed E-state index contributed by atoms with van der Waals surface area (Å²) >= 11 is 6.12. The van der Waals surface area contributed by atoms with Gasteiger partial charge in [0.1, 0.15) is 17.2 Å². The zero-order valence-corrected chi connectivity index (χ0v) is 17.7. The number of carbonyl (C=O) groups is 1. The van der Waals surface area contributed by atoms with Gasteiger partial charge in [0.05, 0.1) is 38.6 Å². The van der Waals surface area contributed by atoms with E-state index in [4.69, 9.17) is 25.8 Å². The second-order valence-corrected chi connectivity index (χ2v) is 7.10. The molecule has 7 nitrogen and oxygen atoms in total. The lowest BCUT2D eigenvalue weighted by molar-refractivity contribution is -0.117. The standard InChI is InChI=1S/C21H26ClN3O4/c1-27-16-6-4-15(5-7-16)25-10-8-24(9-11-25)14-21(26)23-18-13-19(28-2)17(22)12-20(18)29-3/h4-7,12-13H,8-11,14H2,1-3H3,(H,23,26). The first-order valence-electron chi connectivity index (χ1n) is 9.36. The second-order valence-electron chi connectivity index (χ2n) is 6.70. The first-order chi connectivity index (χ1) is 14.0.